The van der Waals surface area contributed by atoms with E-state index in [9.17, 15) is 4.39 Å². The van der Waals surface area contributed by atoms with Gasteiger partial charge in [0.25, 0.3) is 0 Å². The van der Waals surface area contributed by atoms with E-state index in [0.717, 1.165) is 18.5 Å². The zero-order valence-corrected chi connectivity index (χ0v) is 12.0. The van der Waals surface area contributed by atoms with Gasteiger partial charge in [0, 0.05) is 17.6 Å². The first-order valence-electron chi connectivity index (χ1n) is 7.41. The van der Waals surface area contributed by atoms with Crippen LogP contribution >= 0.6 is 0 Å². The van der Waals surface area contributed by atoms with E-state index in [0.29, 0.717) is 6.04 Å². The van der Waals surface area contributed by atoms with Gasteiger partial charge >= 0.3 is 0 Å². The fraction of sp³-hybridized carbons (Fsp3) is 0.625. The summed E-state index contributed by atoms with van der Waals surface area (Å²) < 4.78 is 14.1. The van der Waals surface area contributed by atoms with E-state index in [1.54, 1.807) is 6.07 Å². The first-order valence-corrected chi connectivity index (χ1v) is 7.41. The second kappa shape index (κ2) is 6.49. The molecule has 2 N–H and O–H groups in total. The summed E-state index contributed by atoms with van der Waals surface area (Å²) in [6.45, 7) is 5.22. The van der Waals surface area contributed by atoms with Gasteiger partial charge < -0.3 is 5.73 Å². The van der Waals surface area contributed by atoms with Crippen molar-refractivity contribution in [1.29, 1.82) is 0 Å². The van der Waals surface area contributed by atoms with Crippen LogP contribution in [0.15, 0.2) is 24.3 Å². The normalized spacial score (nSPS) is 24.1. The number of hydrogen-bond donors (Lipinski definition) is 1. The lowest BCUT2D eigenvalue weighted by Crippen LogP contribution is -2.47. The van der Waals surface area contributed by atoms with Crippen LogP contribution in [0.25, 0.3) is 0 Å². The van der Waals surface area contributed by atoms with Gasteiger partial charge in [-0.2, -0.15) is 0 Å². The molecule has 0 amide bonds. The number of likely N-dealkylation sites (tertiary alicyclic amines) is 1. The van der Waals surface area contributed by atoms with E-state index in [2.05, 4.69) is 11.8 Å². The highest BCUT2D eigenvalue weighted by atomic mass is 19.1. The zero-order valence-electron chi connectivity index (χ0n) is 12.0. The first-order chi connectivity index (χ1) is 9.15. The van der Waals surface area contributed by atoms with Gasteiger partial charge in [0.1, 0.15) is 5.82 Å². The molecule has 0 aromatic heterocycles. The van der Waals surface area contributed by atoms with Crippen molar-refractivity contribution in [3.63, 3.8) is 0 Å². The minimum atomic E-state index is -0.134. The SMILES string of the molecule is CCC1CCCCN1C(c1ccccc1F)C(C)N. The molecular weight excluding hydrogens is 239 g/mol. The third kappa shape index (κ3) is 3.15. The maximum Gasteiger partial charge on any atom is 0.128 e. The van der Waals surface area contributed by atoms with Crippen LogP contribution in [0.3, 0.4) is 0 Å². The third-order valence-electron chi connectivity index (χ3n) is 4.22. The molecule has 0 aliphatic carbocycles. The minimum absolute atomic E-state index is 0.00792. The molecule has 0 radical (unpaired) electrons. The minimum Gasteiger partial charge on any atom is -0.326 e. The summed E-state index contributed by atoms with van der Waals surface area (Å²) in [6.07, 6.45) is 4.78. The molecule has 106 valence electrons. The standard InChI is InChI=1S/C16H25FN2/c1-3-13-8-6-7-11-19(13)16(12(2)18)14-9-4-5-10-15(14)17/h4-5,9-10,12-13,16H,3,6-8,11,18H2,1-2H3. The Bertz CT molecular complexity index is 405. The van der Waals surface area contributed by atoms with Gasteiger partial charge in [-0.25, -0.2) is 4.39 Å². The molecule has 3 unspecified atom stereocenters. The maximum absolute atomic E-state index is 14.1. The van der Waals surface area contributed by atoms with Crippen molar-refractivity contribution in [3.05, 3.63) is 35.6 Å². The van der Waals surface area contributed by atoms with Gasteiger partial charge in [-0.15, -0.1) is 0 Å². The van der Waals surface area contributed by atoms with Gasteiger partial charge in [0.05, 0.1) is 6.04 Å². The zero-order chi connectivity index (χ0) is 13.8. The smallest absolute Gasteiger partial charge is 0.128 e. The maximum atomic E-state index is 14.1. The van der Waals surface area contributed by atoms with Crippen LogP contribution in [0.4, 0.5) is 4.39 Å². The summed E-state index contributed by atoms with van der Waals surface area (Å²) in [5.41, 5.74) is 6.93. The van der Waals surface area contributed by atoms with Crippen LogP contribution in [0.5, 0.6) is 0 Å². The topological polar surface area (TPSA) is 29.3 Å². The summed E-state index contributed by atoms with van der Waals surface area (Å²) in [4.78, 5) is 2.42. The van der Waals surface area contributed by atoms with Crippen LogP contribution in [0, 0.1) is 5.82 Å². The number of hydrogen-bond acceptors (Lipinski definition) is 2. The molecule has 1 aliphatic heterocycles. The lowest BCUT2D eigenvalue weighted by molar-refractivity contribution is 0.0778. The largest absolute Gasteiger partial charge is 0.326 e. The van der Waals surface area contributed by atoms with Crippen molar-refractivity contribution in [2.45, 2.75) is 57.7 Å². The van der Waals surface area contributed by atoms with Gasteiger partial charge in [0.2, 0.25) is 0 Å². The van der Waals surface area contributed by atoms with E-state index >= 15 is 0 Å². The third-order valence-corrected chi connectivity index (χ3v) is 4.22. The van der Waals surface area contributed by atoms with Crippen molar-refractivity contribution in [2.75, 3.05) is 6.54 Å². The van der Waals surface area contributed by atoms with Crippen molar-refractivity contribution < 1.29 is 4.39 Å². The Balaban J connectivity index is 2.32. The molecule has 1 saturated heterocycles. The second-order valence-electron chi connectivity index (χ2n) is 5.62. The van der Waals surface area contributed by atoms with Crippen molar-refractivity contribution >= 4 is 0 Å². The van der Waals surface area contributed by atoms with Crippen LogP contribution in [-0.2, 0) is 0 Å². The van der Waals surface area contributed by atoms with E-state index in [1.807, 2.05) is 19.1 Å². The van der Waals surface area contributed by atoms with Crippen molar-refractivity contribution in [2.24, 2.45) is 5.73 Å². The second-order valence-corrected chi connectivity index (χ2v) is 5.62. The molecule has 0 saturated carbocycles. The van der Waals surface area contributed by atoms with E-state index < -0.39 is 0 Å². The molecule has 0 bridgehead atoms. The van der Waals surface area contributed by atoms with Crippen molar-refractivity contribution in [3.8, 4) is 0 Å². The number of halogens is 1. The Morgan fingerprint density at radius 3 is 2.74 bits per heavy atom. The van der Waals surface area contributed by atoms with E-state index in [1.165, 1.54) is 25.3 Å². The molecule has 3 heteroatoms. The predicted octanol–water partition coefficient (Wildman–Crippen LogP) is 3.48. The van der Waals surface area contributed by atoms with Gasteiger partial charge in [-0.3, -0.25) is 4.90 Å². The highest BCUT2D eigenvalue weighted by Crippen LogP contribution is 2.32. The molecule has 1 aliphatic rings. The van der Waals surface area contributed by atoms with Crippen LogP contribution in [-0.4, -0.2) is 23.5 Å². The fourth-order valence-corrected chi connectivity index (χ4v) is 3.31. The van der Waals surface area contributed by atoms with Gasteiger partial charge in [-0.05, 0) is 38.8 Å². The lowest BCUT2D eigenvalue weighted by atomic mass is 9.91. The highest BCUT2D eigenvalue weighted by molar-refractivity contribution is 5.23. The summed E-state index contributed by atoms with van der Waals surface area (Å²) in [5, 5.41) is 0. The molecular formula is C16H25FN2. The number of benzene rings is 1. The van der Waals surface area contributed by atoms with Crippen molar-refractivity contribution in [1.82, 2.24) is 4.90 Å². The number of piperidine rings is 1. The number of nitrogens with two attached hydrogens (primary N) is 1. The average Bonchev–Trinajstić information content (AvgIpc) is 2.41. The Morgan fingerprint density at radius 1 is 1.37 bits per heavy atom. The number of rotatable bonds is 4. The molecule has 2 nitrogen and oxygen atoms in total. The first kappa shape index (κ1) is 14.5. The van der Waals surface area contributed by atoms with Gasteiger partial charge in [0.15, 0.2) is 0 Å². The molecule has 1 heterocycles. The summed E-state index contributed by atoms with van der Waals surface area (Å²) in [7, 11) is 0. The van der Waals surface area contributed by atoms with Crippen LogP contribution in [0.1, 0.15) is 51.1 Å². The van der Waals surface area contributed by atoms with E-state index in [-0.39, 0.29) is 17.9 Å². The number of nitrogens with zero attached hydrogens (tertiary/aromatic N) is 1. The lowest BCUT2D eigenvalue weighted by Gasteiger charge is -2.43. The summed E-state index contributed by atoms with van der Waals surface area (Å²) >= 11 is 0. The predicted molar refractivity (Wildman–Crippen MR) is 77.4 cm³/mol. The molecule has 0 spiro atoms. The molecule has 1 aromatic rings. The fourth-order valence-electron chi connectivity index (χ4n) is 3.31. The Kier molecular flexibility index (Phi) is 4.94. The summed E-state index contributed by atoms with van der Waals surface area (Å²) in [5.74, 6) is -0.134. The molecule has 2 rings (SSSR count). The Morgan fingerprint density at radius 2 is 2.11 bits per heavy atom. The molecule has 3 atom stereocenters. The monoisotopic (exact) mass is 264 g/mol. The van der Waals surface area contributed by atoms with Crippen LogP contribution < -0.4 is 5.73 Å². The Hall–Kier alpha value is -0.930. The van der Waals surface area contributed by atoms with Gasteiger partial charge in [-0.1, -0.05) is 31.5 Å². The molecule has 1 aromatic carbocycles. The highest BCUT2D eigenvalue weighted by Gasteiger charge is 2.32. The quantitative estimate of drug-likeness (QED) is 0.902. The average molecular weight is 264 g/mol. The molecule has 1 fully saturated rings. The van der Waals surface area contributed by atoms with Crippen LogP contribution in [0.2, 0.25) is 0 Å². The summed E-state index contributed by atoms with van der Waals surface area (Å²) in [6, 6.07) is 7.52. The Labute approximate surface area is 115 Å². The van der Waals surface area contributed by atoms with E-state index in [4.69, 9.17) is 5.73 Å². The molecule has 19 heavy (non-hydrogen) atoms.